The van der Waals surface area contributed by atoms with Gasteiger partial charge >= 0.3 is 0 Å². The summed E-state index contributed by atoms with van der Waals surface area (Å²) in [6.45, 7) is 2.93. The van der Waals surface area contributed by atoms with Crippen LogP contribution in [0.2, 0.25) is 0 Å². The van der Waals surface area contributed by atoms with E-state index in [-0.39, 0.29) is 17.9 Å². The van der Waals surface area contributed by atoms with Crippen LogP contribution in [0.3, 0.4) is 0 Å². The minimum atomic E-state index is -2.69. The van der Waals surface area contributed by atoms with Crippen molar-refractivity contribution in [3.05, 3.63) is 65.0 Å². The molecule has 0 unspecified atom stereocenters. The molecule has 0 bridgehead atoms. The van der Waals surface area contributed by atoms with Gasteiger partial charge < -0.3 is 15.2 Å². The number of amides is 2. The first-order chi connectivity index (χ1) is 14.4. The lowest BCUT2D eigenvalue weighted by molar-refractivity contribution is 0.0698. The van der Waals surface area contributed by atoms with Crippen LogP contribution in [0.4, 0.5) is 8.78 Å². The summed E-state index contributed by atoms with van der Waals surface area (Å²) < 4.78 is 25.6. The van der Waals surface area contributed by atoms with E-state index in [4.69, 9.17) is 0 Å². The van der Waals surface area contributed by atoms with Crippen LogP contribution in [0, 0.1) is 6.92 Å². The van der Waals surface area contributed by atoms with E-state index in [2.05, 4.69) is 15.3 Å². The van der Waals surface area contributed by atoms with Crippen molar-refractivity contribution in [2.45, 2.75) is 32.2 Å². The number of nitrogens with one attached hydrogen (secondary N) is 2. The average Bonchev–Trinajstić information content (AvgIpc) is 3.18. The highest BCUT2D eigenvalue weighted by Gasteiger charge is 2.25. The van der Waals surface area contributed by atoms with Gasteiger partial charge in [0.25, 0.3) is 18.2 Å². The van der Waals surface area contributed by atoms with E-state index < -0.39 is 12.2 Å². The predicted octanol–water partition coefficient (Wildman–Crippen LogP) is 3.84. The van der Waals surface area contributed by atoms with Crippen LogP contribution in [0.15, 0.2) is 42.5 Å². The maximum Gasteiger partial charge on any atom is 0.295 e. The first-order valence-electron chi connectivity index (χ1n) is 9.86. The molecule has 3 aromatic rings. The highest BCUT2D eigenvalue weighted by atomic mass is 19.3. The zero-order chi connectivity index (χ0) is 21.3. The second kappa shape index (κ2) is 8.22. The molecule has 2 amide bonds. The summed E-state index contributed by atoms with van der Waals surface area (Å²) in [5.41, 5.74) is 2.82. The van der Waals surface area contributed by atoms with Gasteiger partial charge in [-0.05, 0) is 49.6 Å². The van der Waals surface area contributed by atoms with Gasteiger partial charge in [0.15, 0.2) is 5.82 Å². The van der Waals surface area contributed by atoms with E-state index in [0.717, 1.165) is 5.56 Å². The van der Waals surface area contributed by atoms with Crippen LogP contribution in [-0.4, -0.2) is 45.8 Å². The van der Waals surface area contributed by atoms with Gasteiger partial charge in [0, 0.05) is 30.3 Å². The Hall–Kier alpha value is -3.29. The van der Waals surface area contributed by atoms with Crippen LogP contribution in [-0.2, 0) is 0 Å². The summed E-state index contributed by atoms with van der Waals surface area (Å²) in [5, 5.41) is 3.05. The van der Waals surface area contributed by atoms with Crippen molar-refractivity contribution in [2.24, 2.45) is 0 Å². The molecule has 0 saturated carbocycles. The lowest BCUT2D eigenvalue weighted by Gasteiger charge is -2.32. The molecule has 4 rings (SSSR count). The zero-order valence-corrected chi connectivity index (χ0v) is 16.5. The normalized spacial score (nSPS) is 15.0. The third kappa shape index (κ3) is 4.03. The van der Waals surface area contributed by atoms with Crippen molar-refractivity contribution in [1.82, 2.24) is 20.2 Å². The Kier molecular flexibility index (Phi) is 5.48. The fourth-order valence-electron chi connectivity index (χ4n) is 3.77. The number of nitrogens with zero attached hydrogens (tertiary/aromatic N) is 2. The summed E-state index contributed by atoms with van der Waals surface area (Å²) in [4.78, 5) is 33.4. The Morgan fingerprint density at radius 1 is 1.17 bits per heavy atom. The quantitative estimate of drug-likeness (QED) is 0.683. The van der Waals surface area contributed by atoms with Crippen molar-refractivity contribution in [2.75, 3.05) is 13.1 Å². The molecule has 0 spiro atoms. The number of imidazole rings is 1. The molecule has 0 radical (unpaired) electrons. The minimum absolute atomic E-state index is 0.00448. The highest BCUT2D eigenvalue weighted by Crippen LogP contribution is 2.22. The van der Waals surface area contributed by atoms with E-state index in [1.54, 1.807) is 29.2 Å². The number of benzene rings is 2. The van der Waals surface area contributed by atoms with Crippen LogP contribution in [0.25, 0.3) is 11.0 Å². The molecule has 2 aromatic carbocycles. The molecule has 1 fully saturated rings. The standard InChI is InChI=1S/C22H22F2N4O2/c1-13-4-2-3-5-16(13)21(29)25-15-8-10-28(11-9-15)22(30)14-6-7-17-18(12-14)27-20(26-17)19(23)24/h2-7,12,15,19H,8-11H2,1H3,(H,25,29)(H,26,27). The van der Waals surface area contributed by atoms with Gasteiger partial charge in [0.05, 0.1) is 11.0 Å². The van der Waals surface area contributed by atoms with Crippen molar-refractivity contribution in [3.8, 4) is 0 Å². The number of aromatic nitrogens is 2. The Morgan fingerprint density at radius 3 is 2.60 bits per heavy atom. The summed E-state index contributed by atoms with van der Waals surface area (Å²) >= 11 is 0. The smallest absolute Gasteiger partial charge is 0.295 e. The largest absolute Gasteiger partial charge is 0.349 e. The molecule has 30 heavy (non-hydrogen) atoms. The second-order valence-electron chi connectivity index (χ2n) is 7.51. The van der Waals surface area contributed by atoms with E-state index >= 15 is 0 Å². The fraction of sp³-hybridized carbons (Fsp3) is 0.318. The minimum Gasteiger partial charge on any atom is -0.349 e. The maximum atomic E-state index is 12.8. The molecule has 2 N–H and O–H groups in total. The average molecular weight is 412 g/mol. The number of halogens is 2. The monoisotopic (exact) mass is 412 g/mol. The Bertz CT molecular complexity index is 1090. The van der Waals surface area contributed by atoms with Gasteiger partial charge in [-0.2, -0.15) is 0 Å². The molecule has 1 aliphatic rings. The number of hydrogen-bond donors (Lipinski definition) is 2. The zero-order valence-electron chi connectivity index (χ0n) is 16.5. The first kappa shape index (κ1) is 20.0. The van der Waals surface area contributed by atoms with Crippen LogP contribution < -0.4 is 5.32 Å². The number of likely N-dealkylation sites (tertiary alicyclic amines) is 1. The lowest BCUT2D eigenvalue weighted by atomic mass is 10.0. The number of piperidine rings is 1. The van der Waals surface area contributed by atoms with Gasteiger partial charge in [-0.15, -0.1) is 0 Å². The number of carbonyl (C=O) groups is 2. The first-order valence-corrected chi connectivity index (χ1v) is 9.86. The molecule has 1 aromatic heterocycles. The van der Waals surface area contributed by atoms with Crippen LogP contribution >= 0.6 is 0 Å². The van der Waals surface area contributed by atoms with E-state index in [1.165, 1.54) is 0 Å². The fourth-order valence-corrected chi connectivity index (χ4v) is 3.77. The van der Waals surface area contributed by atoms with Gasteiger partial charge in [0.2, 0.25) is 0 Å². The topological polar surface area (TPSA) is 78.1 Å². The van der Waals surface area contributed by atoms with Crippen LogP contribution in [0.5, 0.6) is 0 Å². The number of alkyl halides is 2. The Labute approximate surface area is 172 Å². The lowest BCUT2D eigenvalue weighted by Crippen LogP contribution is -2.46. The molecule has 6 nitrogen and oxygen atoms in total. The molecule has 156 valence electrons. The molecular weight excluding hydrogens is 390 g/mol. The van der Waals surface area contributed by atoms with Crippen molar-refractivity contribution in [3.63, 3.8) is 0 Å². The number of H-pyrrole nitrogens is 1. The van der Waals surface area contributed by atoms with Crippen molar-refractivity contribution < 1.29 is 18.4 Å². The van der Waals surface area contributed by atoms with E-state index in [1.807, 2.05) is 25.1 Å². The molecule has 0 aliphatic carbocycles. The SMILES string of the molecule is Cc1ccccc1C(=O)NC1CCN(C(=O)c2ccc3nc(C(F)F)[nH]c3c2)CC1. The maximum absolute atomic E-state index is 12.8. The number of hydrogen-bond acceptors (Lipinski definition) is 3. The summed E-state index contributed by atoms with van der Waals surface area (Å²) in [7, 11) is 0. The van der Waals surface area contributed by atoms with Gasteiger partial charge in [-0.3, -0.25) is 9.59 Å². The van der Waals surface area contributed by atoms with Crippen LogP contribution in [0.1, 0.15) is 51.4 Å². The molecule has 1 saturated heterocycles. The number of carbonyl (C=O) groups excluding carboxylic acids is 2. The third-order valence-corrected chi connectivity index (χ3v) is 5.46. The van der Waals surface area contributed by atoms with Gasteiger partial charge in [-0.1, -0.05) is 18.2 Å². The molecular formula is C22H22F2N4O2. The van der Waals surface area contributed by atoms with E-state index in [0.29, 0.717) is 48.1 Å². The third-order valence-electron chi connectivity index (χ3n) is 5.46. The number of rotatable bonds is 4. The molecule has 8 heteroatoms. The highest BCUT2D eigenvalue weighted by molar-refractivity contribution is 5.97. The molecule has 2 heterocycles. The van der Waals surface area contributed by atoms with Gasteiger partial charge in [-0.25, -0.2) is 13.8 Å². The van der Waals surface area contributed by atoms with Crippen molar-refractivity contribution in [1.29, 1.82) is 0 Å². The number of aryl methyl sites for hydroxylation is 1. The summed E-state index contributed by atoms with van der Waals surface area (Å²) in [6.07, 6.45) is -1.37. The number of aromatic amines is 1. The summed E-state index contributed by atoms with van der Waals surface area (Å²) in [5.74, 6) is -0.661. The predicted molar refractivity (Wildman–Crippen MR) is 109 cm³/mol. The van der Waals surface area contributed by atoms with Crippen molar-refractivity contribution >= 4 is 22.8 Å². The molecule has 0 atom stereocenters. The van der Waals surface area contributed by atoms with Gasteiger partial charge in [0.1, 0.15) is 0 Å². The number of fused-ring (bicyclic) bond motifs is 1. The van der Waals surface area contributed by atoms with E-state index in [9.17, 15) is 18.4 Å². The second-order valence-corrected chi connectivity index (χ2v) is 7.51. The molecule has 1 aliphatic heterocycles. The summed E-state index contributed by atoms with van der Waals surface area (Å²) in [6, 6.07) is 12.2. The Morgan fingerprint density at radius 2 is 1.90 bits per heavy atom. The Balaban J connectivity index is 1.38.